The molecule has 1 aromatic carbocycles. The first-order chi connectivity index (χ1) is 15.6. The fourth-order valence-electron chi connectivity index (χ4n) is 5.05. The zero-order valence-corrected chi connectivity index (χ0v) is 18.7. The van der Waals surface area contributed by atoms with Crippen molar-refractivity contribution in [3.05, 3.63) is 35.9 Å². The molecule has 1 aliphatic carbocycles. The fourth-order valence-corrected chi connectivity index (χ4v) is 5.05. The normalized spacial score (nSPS) is 22.5. The Morgan fingerprint density at radius 3 is 2.72 bits per heavy atom. The van der Waals surface area contributed by atoms with Crippen LogP contribution in [0.5, 0.6) is 0 Å². The van der Waals surface area contributed by atoms with Crippen molar-refractivity contribution in [2.45, 2.75) is 63.6 Å². The van der Waals surface area contributed by atoms with Crippen LogP contribution in [0, 0.1) is 12.7 Å². The number of anilines is 1. The number of benzene rings is 1. The van der Waals surface area contributed by atoms with Crippen LogP contribution in [-0.4, -0.2) is 53.5 Å². The smallest absolute Gasteiger partial charge is 0.261 e. The zero-order valence-electron chi connectivity index (χ0n) is 18.7. The molecule has 0 amide bonds. The summed E-state index contributed by atoms with van der Waals surface area (Å²) in [5.41, 5.74) is 1.37. The minimum absolute atomic E-state index is 0.0351. The van der Waals surface area contributed by atoms with Crippen molar-refractivity contribution in [3.63, 3.8) is 0 Å². The van der Waals surface area contributed by atoms with Crippen LogP contribution in [-0.2, 0) is 4.74 Å². The molecule has 0 unspecified atom stereocenters. The van der Waals surface area contributed by atoms with Crippen LogP contribution in [0.25, 0.3) is 22.4 Å². The molecular weight excluding hydrogens is 409 g/mol. The molecule has 1 saturated heterocycles. The lowest BCUT2D eigenvalue weighted by molar-refractivity contribution is 0.0534. The molecule has 8 heteroatoms. The maximum atomic E-state index is 13.9. The molecule has 1 saturated carbocycles. The van der Waals surface area contributed by atoms with Gasteiger partial charge in [0.2, 0.25) is 0 Å². The van der Waals surface area contributed by atoms with Crippen molar-refractivity contribution in [1.29, 1.82) is 0 Å². The number of rotatable bonds is 5. The quantitative estimate of drug-likeness (QED) is 0.637. The fraction of sp³-hybridized carbons (Fsp3) is 0.542. The van der Waals surface area contributed by atoms with Crippen LogP contribution in [0.1, 0.15) is 44.3 Å². The molecule has 2 aromatic heterocycles. The third-order valence-corrected chi connectivity index (χ3v) is 6.73. The van der Waals surface area contributed by atoms with Crippen molar-refractivity contribution in [2.24, 2.45) is 0 Å². The first-order valence-corrected chi connectivity index (χ1v) is 11.6. The van der Waals surface area contributed by atoms with Gasteiger partial charge in [-0.05, 0) is 44.4 Å². The lowest BCUT2D eigenvalue weighted by Gasteiger charge is -2.41. The molecule has 2 aliphatic rings. The van der Waals surface area contributed by atoms with E-state index in [-0.39, 0.29) is 11.9 Å². The Morgan fingerprint density at radius 2 is 1.97 bits per heavy atom. The summed E-state index contributed by atoms with van der Waals surface area (Å²) in [7, 11) is 1.77. The summed E-state index contributed by atoms with van der Waals surface area (Å²) < 4.78 is 25.3. The third-order valence-electron chi connectivity index (χ3n) is 6.73. The van der Waals surface area contributed by atoms with Gasteiger partial charge in [-0.2, -0.15) is 4.98 Å². The molecule has 0 bridgehead atoms. The molecule has 7 nitrogen and oxygen atoms in total. The van der Waals surface area contributed by atoms with Gasteiger partial charge < -0.3 is 19.5 Å². The summed E-state index contributed by atoms with van der Waals surface area (Å²) in [5.74, 6) is 1.41. The Bertz CT molecular complexity index is 1080. The highest BCUT2D eigenvalue weighted by molar-refractivity contribution is 5.88. The van der Waals surface area contributed by atoms with Crippen molar-refractivity contribution < 1.29 is 13.7 Å². The van der Waals surface area contributed by atoms with Crippen molar-refractivity contribution in [3.8, 4) is 11.5 Å². The van der Waals surface area contributed by atoms with Crippen LogP contribution in [0.15, 0.2) is 28.8 Å². The molecule has 2 fully saturated rings. The minimum atomic E-state index is -0.303. The minimum Gasteiger partial charge on any atom is -0.378 e. The number of piperidine rings is 1. The van der Waals surface area contributed by atoms with Crippen LogP contribution >= 0.6 is 0 Å². The summed E-state index contributed by atoms with van der Waals surface area (Å²) >= 11 is 0. The van der Waals surface area contributed by atoms with Gasteiger partial charge in [-0.1, -0.05) is 24.4 Å². The molecule has 32 heavy (non-hydrogen) atoms. The van der Waals surface area contributed by atoms with Gasteiger partial charge in [0.15, 0.2) is 5.82 Å². The van der Waals surface area contributed by atoms with E-state index in [1.807, 2.05) is 6.07 Å². The van der Waals surface area contributed by atoms with Crippen LogP contribution in [0.4, 0.5) is 10.2 Å². The van der Waals surface area contributed by atoms with E-state index in [9.17, 15) is 4.39 Å². The molecule has 3 heterocycles. The van der Waals surface area contributed by atoms with E-state index in [0.717, 1.165) is 29.7 Å². The van der Waals surface area contributed by atoms with Crippen LogP contribution < -0.4 is 10.2 Å². The van der Waals surface area contributed by atoms with Crippen LogP contribution in [0.2, 0.25) is 0 Å². The van der Waals surface area contributed by atoms with Gasteiger partial charge in [-0.3, -0.25) is 0 Å². The highest BCUT2D eigenvalue weighted by Gasteiger charge is 2.33. The van der Waals surface area contributed by atoms with Gasteiger partial charge in [0, 0.05) is 43.7 Å². The number of fused-ring (bicyclic) bond motifs is 1. The Morgan fingerprint density at radius 1 is 1.12 bits per heavy atom. The number of ether oxygens (including phenoxy) is 1. The predicted molar refractivity (Wildman–Crippen MR) is 121 cm³/mol. The Kier molecular flexibility index (Phi) is 6.06. The number of aromatic nitrogens is 3. The van der Waals surface area contributed by atoms with E-state index in [0.29, 0.717) is 35.9 Å². The van der Waals surface area contributed by atoms with E-state index < -0.39 is 0 Å². The van der Waals surface area contributed by atoms with E-state index in [1.54, 1.807) is 20.1 Å². The van der Waals surface area contributed by atoms with Gasteiger partial charge in [0.1, 0.15) is 11.6 Å². The lowest BCUT2D eigenvalue weighted by Crippen LogP contribution is -2.56. The molecule has 2 atom stereocenters. The van der Waals surface area contributed by atoms with Crippen molar-refractivity contribution in [2.75, 3.05) is 25.1 Å². The van der Waals surface area contributed by atoms with Crippen LogP contribution in [0.3, 0.4) is 0 Å². The number of hydrogen-bond donors (Lipinski definition) is 1. The van der Waals surface area contributed by atoms with Gasteiger partial charge >= 0.3 is 0 Å². The summed E-state index contributed by atoms with van der Waals surface area (Å²) in [6.07, 6.45) is 7.42. The molecule has 1 aliphatic heterocycles. The largest absolute Gasteiger partial charge is 0.378 e. The SMILES string of the molecule is CO[C@@H]1CN(c2nc3cc(F)ccc3cc2-c2nc(C)no2)CC[C@@H]1NC1CCCCC1. The number of halogens is 1. The third kappa shape index (κ3) is 4.34. The molecule has 0 spiro atoms. The summed E-state index contributed by atoms with van der Waals surface area (Å²) in [6, 6.07) is 7.48. The zero-order chi connectivity index (χ0) is 22.1. The Balaban J connectivity index is 1.45. The van der Waals surface area contributed by atoms with E-state index in [2.05, 4.69) is 20.4 Å². The highest BCUT2D eigenvalue weighted by atomic mass is 19.1. The van der Waals surface area contributed by atoms with Gasteiger partial charge in [-0.25, -0.2) is 9.37 Å². The second-order valence-electron chi connectivity index (χ2n) is 8.96. The predicted octanol–water partition coefficient (Wildman–Crippen LogP) is 4.25. The number of pyridine rings is 1. The number of nitrogens with zero attached hydrogens (tertiary/aromatic N) is 4. The van der Waals surface area contributed by atoms with Crippen molar-refractivity contribution in [1.82, 2.24) is 20.4 Å². The molecule has 5 rings (SSSR count). The number of nitrogens with one attached hydrogen (secondary N) is 1. The second kappa shape index (κ2) is 9.11. The molecule has 170 valence electrons. The second-order valence-corrected chi connectivity index (χ2v) is 8.96. The molecular formula is C24H30FN5O2. The maximum absolute atomic E-state index is 13.9. The average Bonchev–Trinajstić information content (AvgIpc) is 3.25. The number of aryl methyl sites for hydroxylation is 1. The highest BCUT2D eigenvalue weighted by Crippen LogP contribution is 2.34. The first-order valence-electron chi connectivity index (χ1n) is 11.6. The topological polar surface area (TPSA) is 76.3 Å². The number of methoxy groups -OCH3 is 1. The monoisotopic (exact) mass is 439 g/mol. The Hall–Kier alpha value is -2.58. The van der Waals surface area contributed by atoms with Gasteiger partial charge in [0.25, 0.3) is 5.89 Å². The van der Waals surface area contributed by atoms with Gasteiger partial charge in [0.05, 0.1) is 17.2 Å². The number of hydrogen-bond acceptors (Lipinski definition) is 7. The molecule has 0 radical (unpaired) electrons. The lowest BCUT2D eigenvalue weighted by atomic mass is 9.92. The summed E-state index contributed by atoms with van der Waals surface area (Å²) in [4.78, 5) is 11.5. The standard InChI is InChI=1S/C24H30FN5O2/c1-15-26-24(32-29-15)19-12-16-8-9-17(25)13-21(16)28-23(19)30-11-10-20(22(14-30)31-2)27-18-6-4-3-5-7-18/h8-9,12-13,18,20,22,27H,3-7,10-11,14H2,1-2H3/t20-,22+/m0/s1. The average molecular weight is 440 g/mol. The molecule has 3 aromatic rings. The summed E-state index contributed by atoms with van der Waals surface area (Å²) in [6.45, 7) is 3.30. The van der Waals surface area contributed by atoms with Crippen molar-refractivity contribution >= 4 is 16.7 Å². The maximum Gasteiger partial charge on any atom is 0.261 e. The van der Waals surface area contributed by atoms with E-state index in [1.165, 1.54) is 44.2 Å². The Labute approximate surface area is 187 Å². The van der Waals surface area contributed by atoms with E-state index >= 15 is 0 Å². The van der Waals surface area contributed by atoms with Gasteiger partial charge in [-0.15, -0.1) is 0 Å². The van der Waals surface area contributed by atoms with E-state index in [4.69, 9.17) is 14.2 Å². The first kappa shape index (κ1) is 21.3. The molecule has 1 N–H and O–H groups in total. The summed E-state index contributed by atoms with van der Waals surface area (Å²) in [5, 5.41) is 8.64.